The summed E-state index contributed by atoms with van der Waals surface area (Å²) < 4.78 is 0. The largest absolute Gasteiger partial charge is 0.185 e. The van der Waals surface area contributed by atoms with Crippen LogP contribution in [0.5, 0.6) is 0 Å². The molecule has 174 valence electrons. The molecule has 0 heterocycles. The maximum atomic E-state index is 8.73. The van der Waals surface area contributed by atoms with Gasteiger partial charge in [0.25, 0.3) is 0 Å². The Balaban J connectivity index is 1.36. The second-order valence-electron chi connectivity index (χ2n) is 8.53. The molecule has 0 radical (unpaired) electrons. The second-order valence-corrected chi connectivity index (χ2v) is 9.38. The molecule has 0 aliphatic carbocycles. The molecule has 0 saturated carbocycles. The highest BCUT2D eigenvalue weighted by Crippen LogP contribution is 2.21. The van der Waals surface area contributed by atoms with Gasteiger partial charge in [0.15, 0.2) is 0 Å². The van der Waals surface area contributed by atoms with E-state index in [-0.39, 0.29) is 0 Å². The van der Waals surface area contributed by atoms with Crippen molar-refractivity contribution in [1.29, 1.82) is 5.26 Å². The van der Waals surface area contributed by atoms with E-state index >= 15 is 0 Å². The van der Waals surface area contributed by atoms with Crippen molar-refractivity contribution in [1.82, 2.24) is 0 Å². The van der Waals surface area contributed by atoms with Crippen LogP contribution in [0.1, 0.15) is 54.0 Å². The lowest BCUT2D eigenvalue weighted by molar-refractivity contribution is 0.717. The molecule has 0 spiro atoms. The summed E-state index contributed by atoms with van der Waals surface area (Å²) in [5, 5.41) is 10.8. The van der Waals surface area contributed by atoms with Crippen molar-refractivity contribution >= 4 is 11.8 Å². The van der Waals surface area contributed by atoms with Gasteiger partial charge in [0.05, 0.1) is 0 Å². The van der Waals surface area contributed by atoms with Gasteiger partial charge in [-0.3, -0.25) is 0 Å². The van der Waals surface area contributed by atoms with E-state index < -0.39 is 0 Å². The lowest BCUT2D eigenvalue weighted by Gasteiger charge is -2.05. The maximum absolute atomic E-state index is 8.73. The fourth-order valence-corrected chi connectivity index (χ4v) is 4.15. The Morgan fingerprint density at radius 1 is 0.556 bits per heavy atom. The monoisotopic (exact) mass is 481 g/mol. The number of benzene rings is 4. The summed E-state index contributed by atoms with van der Waals surface area (Å²) in [6.45, 7) is 2.24. The summed E-state index contributed by atoms with van der Waals surface area (Å²) in [6, 6.07) is 33.0. The Hall–Kier alpha value is -4.16. The number of aryl methyl sites for hydroxylation is 1. The Bertz CT molecular complexity index is 1430. The number of thioether (sulfide) groups is 1. The number of hydrogen-bond donors (Lipinski definition) is 0. The molecular formula is C34H27NS. The minimum atomic E-state index is 0.924. The molecule has 0 fully saturated rings. The second kappa shape index (κ2) is 13.1. The molecule has 36 heavy (non-hydrogen) atoms. The highest BCUT2D eigenvalue weighted by molar-refractivity contribution is 8.03. The van der Waals surface area contributed by atoms with Gasteiger partial charge in [-0.15, -0.1) is 0 Å². The van der Waals surface area contributed by atoms with E-state index in [4.69, 9.17) is 5.26 Å². The smallest absolute Gasteiger partial charge is 0.138 e. The first-order chi connectivity index (χ1) is 17.7. The van der Waals surface area contributed by atoms with Crippen molar-refractivity contribution in [2.24, 2.45) is 0 Å². The van der Waals surface area contributed by atoms with Crippen LogP contribution in [0.15, 0.2) is 102 Å². The van der Waals surface area contributed by atoms with Gasteiger partial charge in [-0.05, 0) is 102 Å². The van der Waals surface area contributed by atoms with Crippen molar-refractivity contribution in [2.75, 3.05) is 0 Å². The highest BCUT2D eigenvalue weighted by Gasteiger charge is 1.99. The van der Waals surface area contributed by atoms with Gasteiger partial charge in [-0.25, -0.2) is 0 Å². The molecule has 0 N–H and O–H groups in total. The van der Waals surface area contributed by atoms with E-state index in [0.717, 1.165) is 45.3 Å². The first-order valence-corrected chi connectivity index (χ1v) is 13.0. The van der Waals surface area contributed by atoms with Crippen LogP contribution in [0.25, 0.3) is 11.1 Å². The number of thiocyanates is 1. The number of nitrogens with zero attached hydrogens (tertiary/aromatic N) is 1. The lowest BCUT2D eigenvalue weighted by Crippen LogP contribution is -1.86. The maximum Gasteiger partial charge on any atom is 0.138 e. The average Bonchev–Trinajstić information content (AvgIpc) is 2.93. The zero-order chi connectivity index (χ0) is 25.0. The van der Waals surface area contributed by atoms with Crippen LogP contribution >= 0.6 is 11.8 Å². The fraction of sp³-hybridized carbons (Fsp3) is 0.147. The number of unbranched alkanes of at least 4 members (excludes halogenated alkanes) is 2. The van der Waals surface area contributed by atoms with E-state index in [2.05, 4.69) is 84.5 Å². The third kappa shape index (κ3) is 7.42. The zero-order valence-electron chi connectivity index (χ0n) is 20.4. The Labute approximate surface area is 219 Å². The molecule has 0 amide bonds. The minimum absolute atomic E-state index is 0.924. The molecule has 4 rings (SSSR count). The SMILES string of the molecule is CCCCCc1ccc(-c2ccc(C#Cc3ccc(C#Cc4ccc(SC#N)cc4)cc3)cc2)cc1. The van der Waals surface area contributed by atoms with Crippen molar-refractivity contribution in [3.05, 3.63) is 125 Å². The standard InChI is InChI=1S/C34H27NS/c1-2-3-4-5-27-14-20-32(21-15-27)33-22-16-30(17-23-33)12-10-28-6-8-29(9-7-28)11-13-31-18-24-34(25-19-31)36-26-35/h6-9,14-25H,2-5H2,1H3. The van der Waals surface area contributed by atoms with Crippen molar-refractivity contribution in [2.45, 2.75) is 37.5 Å². The van der Waals surface area contributed by atoms with Crippen molar-refractivity contribution < 1.29 is 0 Å². The molecular weight excluding hydrogens is 454 g/mol. The molecule has 0 aliphatic rings. The van der Waals surface area contributed by atoms with Crippen molar-refractivity contribution in [3.8, 4) is 40.2 Å². The summed E-state index contributed by atoms with van der Waals surface area (Å²) in [7, 11) is 0. The first-order valence-electron chi connectivity index (χ1n) is 12.2. The van der Waals surface area contributed by atoms with Crippen LogP contribution in [0, 0.1) is 34.3 Å². The average molecular weight is 482 g/mol. The lowest BCUT2D eigenvalue weighted by atomic mass is 10.0. The van der Waals surface area contributed by atoms with Crippen LogP contribution in [0.2, 0.25) is 0 Å². The van der Waals surface area contributed by atoms with Crippen LogP contribution in [0.3, 0.4) is 0 Å². The summed E-state index contributed by atoms with van der Waals surface area (Å²) in [4.78, 5) is 0.924. The minimum Gasteiger partial charge on any atom is -0.185 e. The first kappa shape index (κ1) is 24.9. The van der Waals surface area contributed by atoms with Gasteiger partial charge in [0.1, 0.15) is 5.40 Å². The van der Waals surface area contributed by atoms with E-state index in [0.29, 0.717) is 0 Å². The highest BCUT2D eigenvalue weighted by atomic mass is 32.2. The third-order valence-corrected chi connectivity index (χ3v) is 6.45. The molecule has 0 aromatic heterocycles. The Morgan fingerprint density at radius 2 is 0.972 bits per heavy atom. The molecule has 2 heteroatoms. The van der Waals surface area contributed by atoms with Gasteiger partial charge >= 0.3 is 0 Å². The van der Waals surface area contributed by atoms with Gasteiger partial charge in [0, 0.05) is 27.1 Å². The molecule has 0 saturated heterocycles. The Morgan fingerprint density at radius 3 is 1.42 bits per heavy atom. The van der Waals surface area contributed by atoms with Gasteiger partial charge in [-0.2, -0.15) is 5.26 Å². The topological polar surface area (TPSA) is 23.8 Å². The van der Waals surface area contributed by atoms with Gasteiger partial charge in [-0.1, -0.05) is 79.8 Å². The van der Waals surface area contributed by atoms with Gasteiger partial charge in [0.2, 0.25) is 0 Å². The quantitative estimate of drug-likeness (QED) is 0.119. The summed E-state index contributed by atoms with van der Waals surface area (Å²) in [6.07, 6.45) is 4.97. The summed E-state index contributed by atoms with van der Waals surface area (Å²) in [5.74, 6) is 12.8. The number of rotatable bonds is 6. The van der Waals surface area contributed by atoms with Crippen LogP contribution < -0.4 is 0 Å². The molecule has 0 bridgehead atoms. The molecule has 4 aromatic carbocycles. The van der Waals surface area contributed by atoms with Crippen LogP contribution in [0.4, 0.5) is 0 Å². The van der Waals surface area contributed by atoms with Gasteiger partial charge < -0.3 is 0 Å². The summed E-state index contributed by atoms with van der Waals surface area (Å²) in [5.41, 5.74) is 7.68. The normalized spacial score (nSPS) is 9.89. The van der Waals surface area contributed by atoms with E-state index in [1.165, 1.54) is 36.0 Å². The van der Waals surface area contributed by atoms with Crippen LogP contribution in [-0.2, 0) is 6.42 Å². The third-order valence-electron chi connectivity index (χ3n) is 5.85. The number of nitriles is 1. The Kier molecular flexibility index (Phi) is 9.06. The van der Waals surface area contributed by atoms with E-state index in [1.807, 2.05) is 48.5 Å². The molecule has 0 atom stereocenters. The number of hydrogen-bond acceptors (Lipinski definition) is 2. The predicted octanol–water partition coefficient (Wildman–Crippen LogP) is 8.46. The van der Waals surface area contributed by atoms with Crippen molar-refractivity contribution in [3.63, 3.8) is 0 Å². The molecule has 0 aliphatic heterocycles. The summed E-state index contributed by atoms with van der Waals surface area (Å²) >= 11 is 1.15. The predicted molar refractivity (Wildman–Crippen MR) is 151 cm³/mol. The van der Waals surface area contributed by atoms with E-state index in [9.17, 15) is 0 Å². The molecule has 4 aromatic rings. The van der Waals surface area contributed by atoms with Crippen LogP contribution in [-0.4, -0.2) is 0 Å². The molecule has 1 nitrogen and oxygen atoms in total. The van der Waals surface area contributed by atoms with E-state index in [1.54, 1.807) is 0 Å². The fourth-order valence-electron chi connectivity index (χ4n) is 3.77. The zero-order valence-corrected chi connectivity index (χ0v) is 21.2. The molecule has 0 unspecified atom stereocenters.